The van der Waals surface area contributed by atoms with Crippen LogP contribution in [-0.4, -0.2) is 35.2 Å². The molecule has 0 aliphatic carbocycles. The molecular formula is C15H20ClNO2S. The minimum atomic E-state index is -0.897. The summed E-state index contributed by atoms with van der Waals surface area (Å²) in [5.41, 5.74) is 0.555. The van der Waals surface area contributed by atoms with Crippen LogP contribution < -0.4 is 5.32 Å². The Balaban J connectivity index is 2.63. The Kier molecular flexibility index (Phi) is 6.59. The molecule has 1 aromatic carbocycles. The van der Waals surface area contributed by atoms with E-state index in [-0.39, 0.29) is 12.5 Å². The van der Waals surface area contributed by atoms with E-state index in [1.54, 1.807) is 43.8 Å². The molecule has 0 saturated carbocycles. The molecule has 1 rings (SSSR count). The Bertz CT molecular complexity index is 500. The first-order valence-corrected chi connectivity index (χ1v) is 8.04. The fourth-order valence-corrected chi connectivity index (χ4v) is 2.61. The summed E-state index contributed by atoms with van der Waals surface area (Å²) < 4.78 is 0. The number of amides is 1. The third kappa shape index (κ3) is 5.99. The molecule has 110 valence electrons. The molecule has 2 N–H and O–H groups in total. The number of benzene rings is 1. The Morgan fingerprint density at radius 3 is 2.85 bits per heavy atom. The number of carbonyl (C=O) groups is 1. The minimum Gasteiger partial charge on any atom is -0.387 e. The lowest BCUT2D eigenvalue weighted by Gasteiger charge is -2.22. The highest BCUT2D eigenvalue weighted by Crippen LogP contribution is 2.14. The average Bonchev–Trinajstić information content (AvgIpc) is 2.36. The highest BCUT2D eigenvalue weighted by atomic mass is 35.5. The van der Waals surface area contributed by atoms with E-state index in [0.717, 1.165) is 5.56 Å². The summed E-state index contributed by atoms with van der Waals surface area (Å²) in [4.78, 5) is 12.0. The predicted molar refractivity (Wildman–Crippen MR) is 87.1 cm³/mol. The van der Waals surface area contributed by atoms with Gasteiger partial charge in [-0.05, 0) is 43.9 Å². The molecule has 0 spiro atoms. The molecule has 1 aromatic rings. The van der Waals surface area contributed by atoms with Crippen molar-refractivity contribution >= 4 is 35.3 Å². The van der Waals surface area contributed by atoms with Gasteiger partial charge < -0.3 is 10.4 Å². The average molecular weight is 314 g/mol. The first-order valence-electron chi connectivity index (χ1n) is 6.27. The zero-order valence-electron chi connectivity index (χ0n) is 11.9. The largest absolute Gasteiger partial charge is 0.387 e. The highest BCUT2D eigenvalue weighted by molar-refractivity contribution is 7.98. The number of aliphatic hydroxyl groups is 1. The molecule has 20 heavy (non-hydrogen) atoms. The Hall–Kier alpha value is -0.970. The van der Waals surface area contributed by atoms with Crippen molar-refractivity contribution in [1.29, 1.82) is 0 Å². The number of nitrogens with one attached hydrogen (secondary N) is 1. The van der Waals surface area contributed by atoms with Crippen LogP contribution in [0.4, 0.5) is 0 Å². The second-order valence-electron chi connectivity index (χ2n) is 4.99. The molecule has 1 unspecified atom stereocenters. The molecular weight excluding hydrogens is 294 g/mol. The number of rotatable bonds is 6. The maximum absolute atomic E-state index is 12.0. The van der Waals surface area contributed by atoms with Crippen LogP contribution in [0.25, 0.3) is 6.08 Å². The molecule has 3 nitrogen and oxygen atoms in total. The van der Waals surface area contributed by atoms with Crippen LogP contribution in [-0.2, 0) is 4.79 Å². The molecule has 0 aliphatic rings. The van der Waals surface area contributed by atoms with Gasteiger partial charge in [-0.1, -0.05) is 23.7 Å². The van der Waals surface area contributed by atoms with E-state index < -0.39 is 5.60 Å². The second-order valence-corrected chi connectivity index (χ2v) is 6.30. The van der Waals surface area contributed by atoms with Gasteiger partial charge in [0.15, 0.2) is 0 Å². The molecule has 0 aliphatic heterocycles. The monoisotopic (exact) mass is 313 g/mol. The van der Waals surface area contributed by atoms with Gasteiger partial charge in [-0.15, -0.1) is 0 Å². The molecule has 0 heterocycles. The van der Waals surface area contributed by atoms with E-state index in [1.165, 1.54) is 0 Å². The molecule has 5 heteroatoms. The van der Waals surface area contributed by atoms with E-state index >= 15 is 0 Å². The van der Waals surface area contributed by atoms with E-state index in [9.17, 15) is 9.90 Å². The van der Waals surface area contributed by atoms with Crippen LogP contribution >= 0.6 is 23.4 Å². The highest BCUT2D eigenvalue weighted by Gasteiger charge is 2.20. The van der Waals surface area contributed by atoms with Crippen LogP contribution in [0, 0.1) is 0 Å². The minimum absolute atomic E-state index is 0.189. The summed E-state index contributed by atoms with van der Waals surface area (Å²) >= 11 is 7.44. The Morgan fingerprint density at radius 1 is 1.55 bits per heavy atom. The van der Waals surface area contributed by atoms with Crippen LogP contribution in [0.3, 0.4) is 0 Å². The molecule has 1 atom stereocenters. The number of hydrogen-bond acceptors (Lipinski definition) is 3. The number of hydrogen-bond donors (Lipinski definition) is 2. The van der Waals surface area contributed by atoms with Gasteiger partial charge in [0.1, 0.15) is 0 Å². The first kappa shape index (κ1) is 17.1. The van der Waals surface area contributed by atoms with Crippen molar-refractivity contribution in [3.05, 3.63) is 40.4 Å². The number of halogens is 1. The summed E-state index contributed by atoms with van der Waals surface area (Å²) in [7, 11) is 0. The lowest BCUT2D eigenvalue weighted by molar-refractivity contribution is -0.118. The summed E-state index contributed by atoms with van der Waals surface area (Å²) in [5, 5.41) is 13.4. The van der Waals surface area contributed by atoms with Gasteiger partial charge >= 0.3 is 0 Å². The van der Waals surface area contributed by atoms with Crippen molar-refractivity contribution in [2.75, 3.05) is 18.6 Å². The quantitative estimate of drug-likeness (QED) is 0.794. The van der Waals surface area contributed by atoms with Crippen molar-refractivity contribution in [1.82, 2.24) is 5.32 Å². The molecule has 0 aromatic heterocycles. The molecule has 0 radical (unpaired) electrons. The van der Waals surface area contributed by atoms with Crippen LogP contribution in [0.2, 0.25) is 5.02 Å². The first-order chi connectivity index (χ1) is 9.34. The fraction of sp³-hybridized carbons (Fsp3) is 0.400. The van der Waals surface area contributed by atoms with E-state index in [4.69, 9.17) is 11.6 Å². The van der Waals surface area contributed by atoms with E-state index in [0.29, 0.717) is 16.3 Å². The van der Waals surface area contributed by atoms with Crippen LogP contribution in [0.5, 0.6) is 0 Å². The normalized spacial score (nSPS) is 14.8. The zero-order chi connectivity index (χ0) is 15.2. The van der Waals surface area contributed by atoms with Crippen molar-refractivity contribution < 1.29 is 9.90 Å². The van der Waals surface area contributed by atoms with Crippen molar-refractivity contribution in [2.24, 2.45) is 0 Å². The van der Waals surface area contributed by atoms with Gasteiger partial charge in [0, 0.05) is 22.9 Å². The summed E-state index contributed by atoms with van der Waals surface area (Å²) in [6, 6.07) is 7.30. The maximum atomic E-state index is 12.0. The summed E-state index contributed by atoms with van der Waals surface area (Å²) in [6.07, 6.45) is 3.69. The summed E-state index contributed by atoms with van der Waals surface area (Å²) in [5.74, 6) is 0.385. The molecule has 0 fully saturated rings. The molecule has 0 bridgehead atoms. The third-order valence-electron chi connectivity index (χ3n) is 2.68. The van der Waals surface area contributed by atoms with Gasteiger partial charge in [0.05, 0.1) is 5.60 Å². The van der Waals surface area contributed by atoms with Gasteiger partial charge in [-0.3, -0.25) is 4.79 Å². The molecule has 1 amide bonds. The van der Waals surface area contributed by atoms with Crippen molar-refractivity contribution in [3.63, 3.8) is 0 Å². The lowest BCUT2D eigenvalue weighted by atomic mass is 10.1. The van der Waals surface area contributed by atoms with Crippen molar-refractivity contribution in [3.8, 4) is 0 Å². The smallest absolute Gasteiger partial charge is 0.247 e. The third-order valence-corrected chi connectivity index (χ3v) is 3.82. The number of carbonyl (C=O) groups excluding carboxylic acids is 1. The van der Waals surface area contributed by atoms with Gasteiger partial charge in [0.2, 0.25) is 5.91 Å². The zero-order valence-corrected chi connectivity index (χ0v) is 13.5. The predicted octanol–water partition coefficient (Wildman–Crippen LogP) is 2.97. The van der Waals surface area contributed by atoms with Gasteiger partial charge in [0.25, 0.3) is 0 Å². The standard InChI is InChI=1S/C15H20ClNO2S/c1-11(7-12-5-4-6-13(16)8-12)14(18)17-9-15(2,19)10-20-3/h4-8,19H,9-10H2,1-3H3,(H,17,18)/b11-7+. The van der Waals surface area contributed by atoms with Crippen LogP contribution in [0.1, 0.15) is 19.4 Å². The van der Waals surface area contributed by atoms with E-state index in [2.05, 4.69) is 5.32 Å². The fourth-order valence-electron chi connectivity index (χ4n) is 1.68. The second kappa shape index (κ2) is 7.72. The van der Waals surface area contributed by atoms with Gasteiger partial charge in [-0.25, -0.2) is 0 Å². The van der Waals surface area contributed by atoms with E-state index in [1.807, 2.05) is 18.4 Å². The topological polar surface area (TPSA) is 49.3 Å². The Morgan fingerprint density at radius 2 is 2.25 bits per heavy atom. The Labute approximate surface area is 129 Å². The number of thioether (sulfide) groups is 1. The van der Waals surface area contributed by atoms with Crippen LogP contribution in [0.15, 0.2) is 29.8 Å². The van der Waals surface area contributed by atoms with Gasteiger partial charge in [-0.2, -0.15) is 11.8 Å². The molecule has 0 saturated heterocycles. The summed E-state index contributed by atoms with van der Waals surface area (Å²) in [6.45, 7) is 3.67. The maximum Gasteiger partial charge on any atom is 0.247 e. The lowest BCUT2D eigenvalue weighted by Crippen LogP contribution is -2.42. The van der Waals surface area contributed by atoms with Crippen molar-refractivity contribution in [2.45, 2.75) is 19.4 Å². The SMILES string of the molecule is CSCC(C)(O)CNC(=O)/C(C)=C/c1cccc(Cl)c1.